The molecule has 0 fully saturated rings. The highest BCUT2D eigenvalue weighted by Gasteiger charge is 2.21. The number of amides is 1. The van der Waals surface area contributed by atoms with Gasteiger partial charge in [0.05, 0.1) is 11.4 Å². The second kappa shape index (κ2) is 7.22. The van der Waals surface area contributed by atoms with Gasteiger partial charge in [-0.1, -0.05) is 54.1 Å². The van der Waals surface area contributed by atoms with Gasteiger partial charge in [-0.3, -0.25) is 0 Å². The number of carbonyl (C=O) groups is 1. The van der Waals surface area contributed by atoms with E-state index in [9.17, 15) is 4.79 Å². The number of carbonyl (C=O) groups excluding carboxylic acids is 1. The van der Waals surface area contributed by atoms with Crippen LogP contribution in [0.1, 0.15) is 16.7 Å². The molecule has 0 bridgehead atoms. The van der Waals surface area contributed by atoms with Gasteiger partial charge in [-0.25, -0.2) is 9.69 Å². The van der Waals surface area contributed by atoms with E-state index in [1.54, 1.807) is 4.90 Å². The molecule has 0 saturated carbocycles. The van der Waals surface area contributed by atoms with Crippen LogP contribution in [0.4, 0.5) is 16.2 Å². The summed E-state index contributed by atoms with van der Waals surface area (Å²) < 4.78 is 5.79. The predicted octanol–water partition coefficient (Wildman–Crippen LogP) is 5.95. The van der Waals surface area contributed by atoms with Crippen LogP contribution in [-0.2, 0) is 0 Å². The third kappa shape index (κ3) is 3.72. The highest BCUT2D eigenvalue weighted by atomic mass is 16.6. The van der Waals surface area contributed by atoms with E-state index in [4.69, 9.17) is 4.74 Å². The summed E-state index contributed by atoms with van der Waals surface area (Å²) in [5.41, 5.74) is 4.58. The number of nitrogens with zero attached hydrogens (tertiary/aromatic N) is 1. The first-order valence-electron chi connectivity index (χ1n) is 8.26. The van der Waals surface area contributed by atoms with E-state index in [1.807, 2.05) is 93.6 Å². The molecular formula is C22H21NO2. The van der Waals surface area contributed by atoms with Crippen LogP contribution in [0.15, 0.2) is 72.8 Å². The van der Waals surface area contributed by atoms with Crippen molar-refractivity contribution in [3.8, 4) is 5.75 Å². The Morgan fingerprint density at radius 2 is 1.20 bits per heavy atom. The first kappa shape index (κ1) is 16.8. The Labute approximate surface area is 148 Å². The molecule has 25 heavy (non-hydrogen) atoms. The van der Waals surface area contributed by atoms with Crippen LogP contribution in [0.5, 0.6) is 5.75 Å². The number of hydrogen-bond donors (Lipinski definition) is 0. The Morgan fingerprint density at radius 1 is 0.760 bits per heavy atom. The Bertz CT molecular complexity index is 811. The molecule has 0 radical (unpaired) electrons. The second-order valence-corrected chi connectivity index (χ2v) is 6.10. The van der Waals surface area contributed by atoms with Crippen LogP contribution >= 0.6 is 0 Å². The van der Waals surface area contributed by atoms with Crippen molar-refractivity contribution in [3.63, 3.8) is 0 Å². The number of rotatable bonds is 3. The van der Waals surface area contributed by atoms with Gasteiger partial charge in [0.2, 0.25) is 0 Å². The van der Waals surface area contributed by atoms with Crippen molar-refractivity contribution in [2.45, 2.75) is 20.8 Å². The van der Waals surface area contributed by atoms with Gasteiger partial charge >= 0.3 is 6.09 Å². The molecule has 0 aliphatic heterocycles. The minimum atomic E-state index is -0.424. The molecule has 0 unspecified atom stereocenters. The molecule has 0 saturated heterocycles. The van der Waals surface area contributed by atoms with E-state index >= 15 is 0 Å². The Morgan fingerprint density at radius 3 is 1.64 bits per heavy atom. The molecule has 3 nitrogen and oxygen atoms in total. The predicted molar refractivity (Wildman–Crippen MR) is 102 cm³/mol. The minimum absolute atomic E-state index is 0.424. The molecule has 126 valence electrons. The van der Waals surface area contributed by atoms with Crippen molar-refractivity contribution in [3.05, 3.63) is 89.5 Å². The number of benzene rings is 3. The zero-order chi connectivity index (χ0) is 17.8. The Balaban J connectivity index is 1.99. The van der Waals surface area contributed by atoms with Crippen molar-refractivity contribution in [2.24, 2.45) is 0 Å². The van der Waals surface area contributed by atoms with Crippen molar-refractivity contribution >= 4 is 17.5 Å². The van der Waals surface area contributed by atoms with Gasteiger partial charge in [0.15, 0.2) is 0 Å². The molecule has 0 aliphatic rings. The molecule has 0 spiro atoms. The standard InChI is InChI=1S/C22H21NO2/c1-16-14-17(2)21(18(3)15-16)25-22(24)23(19-10-6-4-7-11-19)20-12-8-5-9-13-20/h4-15H,1-3H3. The smallest absolute Gasteiger partial charge is 0.409 e. The summed E-state index contributed by atoms with van der Waals surface area (Å²) >= 11 is 0. The second-order valence-electron chi connectivity index (χ2n) is 6.10. The topological polar surface area (TPSA) is 29.5 Å². The lowest BCUT2D eigenvalue weighted by atomic mass is 10.1. The zero-order valence-electron chi connectivity index (χ0n) is 14.7. The lowest BCUT2D eigenvalue weighted by Gasteiger charge is -2.23. The normalized spacial score (nSPS) is 10.4. The zero-order valence-corrected chi connectivity index (χ0v) is 14.7. The Kier molecular flexibility index (Phi) is 4.85. The SMILES string of the molecule is Cc1cc(C)c(OC(=O)N(c2ccccc2)c2ccccc2)c(C)c1. The number of ether oxygens (including phenoxy) is 1. The van der Waals surface area contributed by atoms with Gasteiger partial charge in [0.25, 0.3) is 0 Å². The summed E-state index contributed by atoms with van der Waals surface area (Å²) in [6, 6.07) is 23.1. The third-order valence-electron chi connectivity index (χ3n) is 4.01. The fourth-order valence-electron chi connectivity index (χ4n) is 2.97. The lowest BCUT2D eigenvalue weighted by molar-refractivity contribution is 0.210. The number of anilines is 2. The largest absolute Gasteiger partial charge is 0.424 e. The monoisotopic (exact) mass is 331 g/mol. The minimum Gasteiger partial charge on any atom is -0.409 e. The summed E-state index contributed by atoms with van der Waals surface area (Å²) in [7, 11) is 0. The molecule has 0 heterocycles. The van der Waals surface area contributed by atoms with Gasteiger partial charge in [-0.15, -0.1) is 0 Å². The summed E-state index contributed by atoms with van der Waals surface area (Å²) in [4.78, 5) is 14.6. The van der Waals surface area contributed by atoms with Crippen LogP contribution in [-0.4, -0.2) is 6.09 Å². The number of para-hydroxylation sites is 2. The molecule has 3 aromatic carbocycles. The molecular weight excluding hydrogens is 310 g/mol. The van der Waals surface area contributed by atoms with Gasteiger partial charge in [0.1, 0.15) is 5.75 Å². The average molecular weight is 331 g/mol. The van der Waals surface area contributed by atoms with E-state index < -0.39 is 6.09 Å². The quantitative estimate of drug-likeness (QED) is 0.593. The van der Waals surface area contributed by atoms with Crippen LogP contribution < -0.4 is 9.64 Å². The molecule has 3 aromatic rings. The van der Waals surface area contributed by atoms with E-state index in [2.05, 4.69) is 0 Å². The number of hydrogen-bond acceptors (Lipinski definition) is 2. The molecule has 0 aromatic heterocycles. The number of aryl methyl sites for hydroxylation is 3. The van der Waals surface area contributed by atoms with E-state index in [1.165, 1.54) is 0 Å². The third-order valence-corrected chi connectivity index (χ3v) is 4.01. The molecule has 0 N–H and O–H groups in total. The molecule has 0 aliphatic carbocycles. The molecule has 1 amide bonds. The summed E-state index contributed by atoms with van der Waals surface area (Å²) in [5, 5.41) is 0. The lowest BCUT2D eigenvalue weighted by Crippen LogP contribution is -2.29. The van der Waals surface area contributed by atoms with E-state index in [-0.39, 0.29) is 0 Å². The van der Waals surface area contributed by atoms with Crippen LogP contribution in [0.25, 0.3) is 0 Å². The Hall–Kier alpha value is -3.07. The van der Waals surface area contributed by atoms with Gasteiger partial charge in [0, 0.05) is 0 Å². The summed E-state index contributed by atoms with van der Waals surface area (Å²) in [6.07, 6.45) is -0.424. The summed E-state index contributed by atoms with van der Waals surface area (Å²) in [5.74, 6) is 0.618. The highest BCUT2D eigenvalue weighted by molar-refractivity contribution is 5.97. The van der Waals surface area contributed by atoms with Gasteiger partial charge in [-0.05, 0) is 56.2 Å². The van der Waals surface area contributed by atoms with Gasteiger partial charge < -0.3 is 4.74 Å². The van der Waals surface area contributed by atoms with Crippen molar-refractivity contribution < 1.29 is 9.53 Å². The molecule has 0 atom stereocenters. The first-order chi connectivity index (χ1) is 12.1. The highest BCUT2D eigenvalue weighted by Crippen LogP contribution is 2.29. The van der Waals surface area contributed by atoms with Crippen LogP contribution in [0.3, 0.4) is 0 Å². The summed E-state index contributed by atoms with van der Waals surface area (Å²) in [6.45, 7) is 5.95. The average Bonchev–Trinajstić information content (AvgIpc) is 2.60. The van der Waals surface area contributed by atoms with Crippen LogP contribution in [0.2, 0.25) is 0 Å². The maximum atomic E-state index is 13.0. The van der Waals surface area contributed by atoms with Crippen LogP contribution in [0, 0.1) is 20.8 Å². The molecule has 3 rings (SSSR count). The van der Waals surface area contributed by atoms with Crippen molar-refractivity contribution in [2.75, 3.05) is 4.90 Å². The van der Waals surface area contributed by atoms with Crippen molar-refractivity contribution in [1.29, 1.82) is 0 Å². The molecule has 3 heteroatoms. The maximum Gasteiger partial charge on any atom is 0.424 e. The maximum absolute atomic E-state index is 13.0. The van der Waals surface area contributed by atoms with E-state index in [0.29, 0.717) is 5.75 Å². The first-order valence-corrected chi connectivity index (χ1v) is 8.26. The fourth-order valence-corrected chi connectivity index (χ4v) is 2.97. The van der Waals surface area contributed by atoms with Crippen molar-refractivity contribution in [1.82, 2.24) is 0 Å². The fraction of sp³-hybridized carbons (Fsp3) is 0.136. The van der Waals surface area contributed by atoms with E-state index in [0.717, 1.165) is 28.1 Å². The van der Waals surface area contributed by atoms with Gasteiger partial charge in [-0.2, -0.15) is 0 Å².